The van der Waals surface area contributed by atoms with Gasteiger partial charge in [-0.3, -0.25) is 9.36 Å². The van der Waals surface area contributed by atoms with Crippen LogP contribution in [0.1, 0.15) is 18.7 Å². The van der Waals surface area contributed by atoms with E-state index in [2.05, 4.69) is 9.97 Å². The van der Waals surface area contributed by atoms with Gasteiger partial charge in [0.25, 0.3) is 0 Å². The fourth-order valence-corrected chi connectivity index (χ4v) is 3.33. The molecule has 140 valence electrons. The lowest BCUT2D eigenvalue weighted by atomic mass is 10.1. The number of hydrogen-bond acceptors (Lipinski definition) is 6. The number of piperidine rings is 1. The van der Waals surface area contributed by atoms with Gasteiger partial charge in [-0.05, 0) is 31.9 Å². The van der Waals surface area contributed by atoms with Gasteiger partial charge in [0.2, 0.25) is 11.8 Å². The molecule has 8 nitrogen and oxygen atoms in total. The minimum Gasteiger partial charge on any atom is -0.472 e. The standard InChI is InChI=1S/C19H20N4O4/c1-13-20-9-8-17(21-13)26-14-5-4-10-22(11-14)18(24)12-23-15-6-2-3-7-16(15)27-19(23)25/h2-3,6-9,14H,4-5,10-12H2,1H3. The van der Waals surface area contributed by atoms with Crippen LogP contribution in [0.3, 0.4) is 0 Å². The quantitative estimate of drug-likeness (QED) is 0.697. The van der Waals surface area contributed by atoms with Gasteiger partial charge in [0.15, 0.2) is 5.58 Å². The van der Waals surface area contributed by atoms with Crippen molar-refractivity contribution in [2.75, 3.05) is 13.1 Å². The second-order valence-electron chi connectivity index (χ2n) is 6.59. The topological polar surface area (TPSA) is 90.5 Å². The van der Waals surface area contributed by atoms with Crippen molar-refractivity contribution in [1.82, 2.24) is 19.4 Å². The maximum atomic E-state index is 12.8. The summed E-state index contributed by atoms with van der Waals surface area (Å²) in [5.41, 5.74) is 1.10. The smallest absolute Gasteiger partial charge is 0.420 e. The second kappa shape index (κ2) is 7.22. The third-order valence-corrected chi connectivity index (χ3v) is 4.64. The molecule has 0 bridgehead atoms. The number of oxazole rings is 1. The molecule has 1 aliphatic heterocycles. The molecule has 0 aliphatic carbocycles. The molecule has 8 heteroatoms. The van der Waals surface area contributed by atoms with Crippen LogP contribution in [0.5, 0.6) is 5.88 Å². The largest absolute Gasteiger partial charge is 0.472 e. The van der Waals surface area contributed by atoms with Crippen LogP contribution in [0.4, 0.5) is 0 Å². The summed E-state index contributed by atoms with van der Waals surface area (Å²) in [4.78, 5) is 34.9. The number of fused-ring (bicyclic) bond motifs is 1. The number of carbonyl (C=O) groups excluding carboxylic acids is 1. The van der Waals surface area contributed by atoms with Gasteiger partial charge in [0.1, 0.15) is 18.5 Å². The molecule has 2 aromatic heterocycles. The number of hydrogen-bond donors (Lipinski definition) is 0. The predicted octanol–water partition coefficient (Wildman–Crippen LogP) is 1.76. The third kappa shape index (κ3) is 3.69. The number of para-hydroxylation sites is 2. The van der Waals surface area contributed by atoms with Gasteiger partial charge in [-0.25, -0.2) is 9.78 Å². The molecule has 3 heterocycles. The number of benzene rings is 1. The van der Waals surface area contributed by atoms with Crippen molar-refractivity contribution < 1.29 is 13.9 Å². The van der Waals surface area contributed by atoms with E-state index < -0.39 is 5.76 Å². The third-order valence-electron chi connectivity index (χ3n) is 4.64. The number of amides is 1. The van der Waals surface area contributed by atoms with E-state index in [0.29, 0.717) is 35.9 Å². The molecule has 1 saturated heterocycles. The summed E-state index contributed by atoms with van der Waals surface area (Å²) in [6, 6.07) is 8.80. The van der Waals surface area contributed by atoms with Crippen LogP contribution >= 0.6 is 0 Å². The van der Waals surface area contributed by atoms with Crippen LogP contribution in [0.2, 0.25) is 0 Å². The van der Waals surface area contributed by atoms with Crippen LogP contribution < -0.4 is 10.5 Å². The molecular formula is C19H20N4O4. The minimum atomic E-state index is -0.522. The Balaban J connectivity index is 1.45. The van der Waals surface area contributed by atoms with Gasteiger partial charge < -0.3 is 14.1 Å². The maximum Gasteiger partial charge on any atom is 0.420 e. The van der Waals surface area contributed by atoms with Crippen LogP contribution in [-0.2, 0) is 11.3 Å². The molecule has 4 rings (SSSR count). The van der Waals surface area contributed by atoms with Crippen molar-refractivity contribution in [3.05, 3.63) is 52.9 Å². The first-order valence-corrected chi connectivity index (χ1v) is 8.92. The van der Waals surface area contributed by atoms with Gasteiger partial charge >= 0.3 is 5.76 Å². The number of ether oxygens (including phenoxy) is 1. The first-order chi connectivity index (χ1) is 13.1. The molecule has 0 N–H and O–H groups in total. The van der Waals surface area contributed by atoms with Crippen molar-refractivity contribution >= 4 is 17.0 Å². The molecule has 1 amide bonds. The predicted molar refractivity (Wildman–Crippen MR) is 97.5 cm³/mol. The SMILES string of the molecule is Cc1nccc(OC2CCCN(C(=O)Cn3c(=O)oc4ccccc43)C2)n1. The zero-order valence-electron chi connectivity index (χ0n) is 15.0. The van der Waals surface area contributed by atoms with Crippen LogP contribution in [0, 0.1) is 6.92 Å². The summed E-state index contributed by atoms with van der Waals surface area (Å²) >= 11 is 0. The van der Waals surface area contributed by atoms with E-state index in [0.717, 1.165) is 12.8 Å². The normalized spacial score (nSPS) is 17.2. The van der Waals surface area contributed by atoms with Crippen LogP contribution in [-0.4, -0.2) is 44.5 Å². The average molecular weight is 368 g/mol. The zero-order chi connectivity index (χ0) is 18.8. The molecule has 1 aliphatic rings. The Bertz CT molecular complexity index is 1030. The highest BCUT2D eigenvalue weighted by atomic mass is 16.5. The van der Waals surface area contributed by atoms with Crippen molar-refractivity contribution in [3.63, 3.8) is 0 Å². The van der Waals surface area contributed by atoms with E-state index in [1.807, 2.05) is 6.07 Å². The Morgan fingerprint density at radius 2 is 2.19 bits per heavy atom. The zero-order valence-corrected chi connectivity index (χ0v) is 15.0. The van der Waals surface area contributed by atoms with Crippen LogP contribution in [0.15, 0.2) is 45.7 Å². The summed E-state index contributed by atoms with van der Waals surface area (Å²) in [7, 11) is 0. The summed E-state index contributed by atoms with van der Waals surface area (Å²) < 4.78 is 12.5. The Kier molecular flexibility index (Phi) is 4.62. The summed E-state index contributed by atoms with van der Waals surface area (Å²) in [5, 5.41) is 0. The highest BCUT2D eigenvalue weighted by molar-refractivity contribution is 5.79. The maximum absolute atomic E-state index is 12.8. The molecule has 0 radical (unpaired) electrons. The summed E-state index contributed by atoms with van der Waals surface area (Å²) in [6.07, 6.45) is 3.21. The van der Waals surface area contributed by atoms with Gasteiger partial charge in [-0.15, -0.1) is 0 Å². The highest BCUT2D eigenvalue weighted by Gasteiger charge is 2.26. The molecule has 1 unspecified atom stereocenters. The van der Waals surface area contributed by atoms with E-state index >= 15 is 0 Å². The first-order valence-electron chi connectivity index (χ1n) is 8.92. The number of likely N-dealkylation sites (tertiary alicyclic amines) is 1. The Morgan fingerprint density at radius 3 is 3.04 bits per heavy atom. The molecule has 27 heavy (non-hydrogen) atoms. The van der Waals surface area contributed by atoms with Crippen molar-refractivity contribution in [2.45, 2.75) is 32.4 Å². The van der Waals surface area contributed by atoms with E-state index in [9.17, 15) is 9.59 Å². The monoisotopic (exact) mass is 368 g/mol. The fraction of sp³-hybridized carbons (Fsp3) is 0.368. The Labute approximate surface area is 155 Å². The lowest BCUT2D eigenvalue weighted by molar-refractivity contribution is -0.134. The second-order valence-corrected chi connectivity index (χ2v) is 6.59. The van der Waals surface area contributed by atoms with E-state index in [1.165, 1.54) is 4.57 Å². The van der Waals surface area contributed by atoms with Crippen molar-refractivity contribution in [2.24, 2.45) is 0 Å². The lowest BCUT2D eigenvalue weighted by Gasteiger charge is -2.32. The Hall–Kier alpha value is -3.16. The fourth-order valence-electron chi connectivity index (χ4n) is 3.33. The lowest BCUT2D eigenvalue weighted by Crippen LogP contribution is -2.46. The van der Waals surface area contributed by atoms with Crippen molar-refractivity contribution in [3.8, 4) is 5.88 Å². The van der Waals surface area contributed by atoms with Crippen molar-refractivity contribution in [1.29, 1.82) is 0 Å². The number of aromatic nitrogens is 3. The van der Waals surface area contributed by atoms with Crippen LogP contribution in [0.25, 0.3) is 11.1 Å². The number of aryl methyl sites for hydroxylation is 1. The van der Waals surface area contributed by atoms with Gasteiger partial charge in [-0.2, -0.15) is 4.98 Å². The summed E-state index contributed by atoms with van der Waals surface area (Å²) in [5.74, 6) is 0.503. The first kappa shape index (κ1) is 17.3. The van der Waals surface area contributed by atoms with Gasteiger partial charge in [-0.1, -0.05) is 12.1 Å². The summed E-state index contributed by atoms with van der Waals surface area (Å²) in [6.45, 7) is 2.87. The Morgan fingerprint density at radius 1 is 1.33 bits per heavy atom. The van der Waals surface area contributed by atoms with E-state index in [4.69, 9.17) is 9.15 Å². The number of carbonyl (C=O) groups is 1. The van der Waals surface area contributed by atoms with E-state index in [-0.39, 0.29) is 18.6 Å². The molecule has 0 spiro atoms. The molecule has 0 saturated carbocycles. The number of rotatable bonds is 4. The minimum absolute atomic E-state index is 0.0464. The highest BCUT2D eigenvalue weighted by Crippen LogP contribution is 2.18. The average Bonchev–Trinajstić information content (AvgIpc) is 2.97. The molecule has 1 atom stereocenters. The van der Waals surface area contributed by atoms with Gasteiger partial charge in [0, 0.05) is 18.8 Å². The van der Waals surface area contributed by atoms with E-state index in [1.54, 1.807) is 42.3 Å². The molecule has 1 aromatic carbocycles. The number of nitrogens with zero attached hydrogens (tertiary/aromatic N) is 4. The van der Waals surface area contributed by atoms with Gasteiger partial charge in [0.05, 0.1) is 12.1 Å². The molecular weight excluding hydrogens is 348 g/mol. The molecule has 1 fully saturated rings. The molecule has 3 aromatic rings.